The van der Waals surface area contributed by atoms with E-state index in [9.17, 15) is 4.79 Å². The fraction of sp³-hybridized carbons (Fsp3) is 0.125. The third-order valence-electron chi connectivity index (χ3n) is 4.52. The number of hydrogen-bond acceptors (Lipinski definition) is 6. The van der Waals surface area contributed by atoms with Crippen molar-refractivity contribution in [1.29, 1.82) is 0 Å². The number of ether oxygens (including phenoxy) is 1. The molecule has 1 aliphatic heterocycles. The highest BCUT2D eigenvalue weighted by Gasteiger charge is 2.32. The van der Waals surface area contributed by atoms with Crippen molar-refractivity contribution in [2.75, 3.05) is 13.2 Å². The van der Waals surface area contributed by atoms with Crippen LogP contribution in [0.4, 0.5) is 5.13 Å². The maximum absolute atomic E-state index is 13.0. The molecule has 1 aromatic heterocycles. The second kappa shape index (κ2) is 9.76. The van der Waals surface area contributed by atoms with E-state index in [-0.39, 0.29) is 5.91 Å². The van der Waals surface area contributed by atoms with Crippen LogP contribution in [0, 0.1) is 0 Å². The maximum atomic E-state index is 13.0. The smallest absolute Gasteiger partial charge is 0.266 e. The molecule has 0 radical (unpaired) electrons. The van der Waals surface area contributed by atoms with Gasteiger partial charge in [0, 0.05) is 23.1 Å². The molecule has 1 saturated heterocycles. The number of carbonyl (C=O) groups excluding carboxylic acids is 1. The molecule has 0 unspecified atom stereocenters. The number of amides is 1. The quantitative estimate of drug-likeness (QED) is 0.329. The predicted molar refractivity (Wildman–Crippen MR) is 130 cm³/mol. The van der Waals surface area contributed by atoms with E-state index in [0.717, 1.165) is 16.8 Å². The van der Waals surface area contributed by atoms with E-state index < -0.39 is 0 Å². The van der Waals surface area contributed by atoms with E-state index in [1.165, 1.54) is 23.1 Å². The predicted octanol–water partition coefficient (Wildman–Crippen LogP) is 6.00. The number of carbonyl (C=O) groups is 1. The zero-order valence-electron chi connectivity index (χ0n) is 17.0. The molecule has 1 fully saturated rings. The molecule has 7 heteroatoms. The van der Waals surface area contributed by atoms with Gasteiger partial charge < -0.3 is 4.74 Å². The van der Waals surface area contributed by atoms with Gasteiger partial charge in [0.15, 0.2) is 5.17 Å². The molecule has 5 nitrogen and oxygen atoms in total. The molecule has 0 saturated carbocycles. The minimum absolute atomic E-state index is 0.0652. The van der Waals surface area contributed by atoms with Crippen molar-refractivity contribution in [2.24, 2.45) is 4.99 Å². The van der Waals surface area contributed by atoms with E-state index in [1.54, 1.807) is 11.0 Å². The largest absolute Gasteiger partial charge is 0.489 e. The maximum Gasteiger partial charge on any atom is 0.266 e. The van der Waals surface area contributed by atoms with Gasteiger partial charge in [0.25, 0.3) is 5.91 Å². The Morgan fingerprint density at radius 3 is 2.71 bits per heavy atom. The Bertz CT molecular complexity index is 1150. The van der Waals surface area contributed by atoms with Crippen LogP contribution in [0.5, 0.6) is 5.75 Å². The third kappa shape index (κ3) is 4.78. The third-order valence-corrected chi connectivity index (χ3v) is 6.26. The molecule has 2 heterocycles. The zero-order chi connectivity index (χ0) is 21.6. The molecular formula is C24H21N3O2S2. The summed E-state index contributed by atoms with van der Waals surface area (Å²) in [6, 6.07) is 17.6. The molecule has 3 aromatic rings. The lowest BCUT2D eigenvalue weighted by atomic mass is 10.2. The Balaban J connectivity index is 1.61. The first-order valence-electron chi connectivity index (χ1n) is 9.83. The van der Waals surface area contributed by atoms with E-state index in [4.69, 9.17) is 4.74 Å². The molecular weight excluding hydrogens is 426 g/mol. The molecule has 0 spiro atoms. The summed E-state index contributed by atoms with van der Waals surface area (Å²) in [6.07, 6.45) is 3.55. The van der Waals surface area contributed by atoms with Crippen LogP contribution in [-0.4, -0.2) is 34.1 Å². The fourth-order valence-electron chi connectivity index (χ4n) is 3.03. The number of aliphatic imine (C=N–C) groups is 1. The van der Waals surface area contributed by atoms with E-state index >= 15 is 0 Å². The topological polar surface area (TPSA) is 54.8 Å². The lowest BCUT2D eigenvalue weighted by Crippen LogP contribution is -2.28. The number of thioether (sulfide) groups is 1. The lowest BCUT2D eigenvalue weighted by molar-refractivity contribution is -0.122. The van der Waals surface area contributed by atoms with Gasteiger partial charge in [0.05, 0.1) is 10.6 Å². The highest BCUT2D eigenvalue weighted by molar-refractivity contribution is 8.18. The highest BCUT2D eigenvalue weighted by atomic mass is 32.2. The molecule has 1 aliphatic rings. The van der Waals surface area contributed by atoms with Crippen LogP contribution in [-0.2, 0) is 4.79 Å². The number of benzene rings is 2. The number of likely N-dealkylation sites (N-methyl/N-ethyl adjacent to an activating group) is 1. The Morgan fingerprint density at radius 2 is 1.94 bits per heavy atom. The van der Waals surface area contributed by atoms with E-state index in [0.29, 0.717) is 34.1 Å². The van der Waals surface area contributed by atoms with Crippen LogP contribution < -0.4 is 4.74 Å². The van der Waals surface area contributed by atoms with Crippen molar-refractivity contribution in [3.8, 4) is 17.0 Å². The van der Waals surface area contributed by atoms with Gasteiger partial charge in [-0.2, -0.15) is 4.99 Å². The number of nitrogens with zero attached hydrogens (tertiary/aromatic N) is 3. The second-order valence-corrected chi connectivity index (χ2v) is 8.42. The summed E-state index contributed by atoms with van der Waals surface area (Å²) in [6.45, 7) is 6.57. The Morgan fingerprint density at radius 1 is 1.16 bits per heavy atom. The normalized spacial score (nSPS) is 16.3. The van der Waals surface area contributed by atoms with Crippen molar-refractivity contribution in [2.45, 2.75) is 6.92 Å². The molecule has 0 N–H and O–H groups in total. The van der Waals surface area contributed by atoms with Gasteiger partial charge in [-0.05, 0) is 30.8 Å². The Labute approximate surface area is 189 Å². The summed E-state index contributed by atoms with van der Waals surface area (Å²) in [5.41, 5.74) is 2.77. The number of rotatable bonds is 7. The highest BCUT2D eigenvalue weighted by Crippen LogP contribution is 2.36. The first-order chi connectivity index (χ1) is 15.2. The molecule has 1 amide bonds. The van der Waals surface area contributed by atoms with E-state index in [1.807, 2.05) is 73.0 Å². The van der Waals surface area contributed by atoms with E-state index in [2.05, 4.69) is 16.6 Å². The van der Waals surface area contributed by atoms with Gasteiger partial charge in [0.2, 0.25) is 5.13 Å². The van der Waals surface area contributed by atoms with Crippen molar-refractivity contribution >= 4 is 45.4 Å². The number of aromatic nitrogens is 1. The van der Waals surface area contributed by atoms with Gasteiger partial charge in [0.1, 0.15) is 12.4 Å². The molecule has 4 rings (SSSR count). The standard InChI is InChI=1S/C24H21N3O2S2/c1-3-14-29-20-13-9-8-12-18(20)15-21-22(28)27(4-2)24(31-21)26-23-25-19(16-30-23)17-10-6-5-7-11-17/h3,5-13,15-16H,1,4,14H2,2H3/b21-15-,26-24+. The Kier molecular flexibility index (Phi) is 6.64. The number of thiazole rings is 1. The molecule has 31 heavy (non-hydrogen) atoms. The average Bonchev–Trinajstić information content (AvgIpc) is 3.38. The van der Waals surface area contributed by atoms with Gasteiger partial charge in [-0.25, -0.2) is 4.98 Å². The van der Waals surface area contributed by atoms with Gasteiger partial charge >= 0.3 is 0 Å². The summed E-state index contributed by atoms with van der Waals surface area (Å²) in [4.78, 5) is 24.6. The van der Waals surface area contributed by atoms with Crippen molar-refractivity contribution < 1.29 is 9.53 Å². The van der Waals surface area contributed by atoms with Gasteiger partial charge in [-0.3, -0.25) is 9.69 Å². The van der Waals surface area contributed by atoms with Crippen LogP contribution in [0.3, 0.4) is 0 Å². The van der Waals surface area contributed by atoms with Gasteiger partial charge in [-0.15, -0.1) is 11.3 Å². The van der Waals surface area contributed by atoms with Crippen LogP contribution >= 0.6 is 23.1 Å². The Hall–Kier alpha value is -3.16. The molecule has 0 bridgehead atoms. The summed E-state index contributed by atoms with van der Waals surface area (Å²) in [5.74, 6) is 0.647. The zero-order valence-corrected chi connectivity index (χ0v) is 18.7. The molecule has 0 atom stereocenters. The van der Waals surface area contributed by atoms with Crippen LogP contribution in [0.1, 0.15) is 12.5 Å². The lowest BCUT2D eigenvalue weighted by Gasteiger charge is -2.11. The summed E-state index contributed by atoms with van der Waals surface area (Å²) >= 11 is 2.82. The molecule has 156 valence electrons. The minimum Gasteiger partial charge on any atom is -0.489 e. The first-order valence-corrected chi connectivity index (χ1v) is 11.5. The van der Waals surface area contributed by atoms with Crippen LogP contribution in [0.2, 0.25) is 0 Å². The average molecular weight is 448 g/mol. The van der Waals surface area contributed by atoms with Crippen molar-refractivity contribution in [1.82, 2.24) is 9.88 Å². The SMILES string of the molecule is C=CCOc1ccccc1/C=C1\S/C(=N/c2nc(-c3ccccc3)cs2)N(CC)C1=O. The number of para-hydroxylation sites is 1. The fourth-order valence-corrected chi connectivity index (χ4v) is 4.82. The number of hydrogen-bond donors (Lipinski definition) is 0. The molecule has 2 aromatic carbocycles. The van der Waals surface area contributed by atoms with Crippen molar-refractivity contribution in [3.05, 3.63) is 83.1 Å². The monoisotopic (exact) mass is 447 g/mol. The molecule has 0 aliphatic carbocycles. The summed E-state index contributed by atoms with van der Waals surface area (Å²) < 4.78 is 5.72. The summed E-state index contributed by atoms with van der Waals surface area (Å²) in [7, 11) is 0. The van der Waals surface area contributed by atoms with Crippen molar-refractivity contribution in [3.63, 3.8) is 0 Å². The summed E-state index contributed by atoms with van der Waals surface area (Å²) in [5, 5.41) is 3.25. The second-order valence-electron chi connectivity index (χ2n) is 6.57. The minimum atomic E-state index is -0.0652. The number of amidine groups is 1. The first kappa shape index (κ1) is 21.1. The van der Waals surface area contributed by atoms with Crippen LogP contribution in [0.25, 0.3) is 17.3 Å². The van der Waals surface area contributed by atoms with Gasteiger partial charge in [-0.1, -0.05) is 61.2 Å². The van der Waals surface area contributed by atoms with Crippen LogP contribution in [0.15, 0.2) is 82.5 Å².